The number of hydrogen-bond acceptors (Lipinski definition) is 4. The molecule has 0 aliphatic carbocycles. The van der Waals surface area contributed by atoms with Crippen LogP contribution in [0.5, 0.6) is 0 Å². The lowest BCUT2D eigenvalue weighted by atomic mass is 10.2. The van der Waals surface area contributed by atoms with E-state index in [1.165, 1.54) is 0 Å². The fraction of sp³-hybridized carbons (Fsp3) is 0.357. The average Bonchev–Trinajstić information content (AvgIpc) is 2.42. The first-order valence-electron chi connectivity index (χ1n) is 6.36. The summed E-state index contributed by atoms with van der Waals surface area (Å²) in [6, 6.07) is 3.96. The SMILES string of the molecule is CCCNc1nc(Cc2cccnc2)nc(C)c1Br. The lowest BCUT2D eigenvalue weighted by molar-refractivity contribution is 0.907. The summed E-state index contributed by atoms with van der Waals surface area (Å²) in [4.78, 5) is 13.2. The van der Waals surface area contributed by atoms with Crippen molar-refractivity contribution >= 4 is 21.7 Å². The minimum absolute atomic E-state index is 0.697. The highest BCUT2D eigenvalue weighted by Gasteiger charge is 2.09. The van der Waals surface area contributed by atoms with Crippen LogP contribution >= 0.6 is 15.9 Å². The van der Waals surface area contributed by atoms with Gasteiger partial charge in [-0.2, -0.15) is 0 Å². The van der Waals surface area contributed by atoms with Gasteiger partial charge in [-0.25, -0.2) is 9.97 Å². The Hall–Kier alpha value is -1.49. The zero-order valence-corrected chi connectivity index (χ0v) is 12.7. The van der Waals surface area contributed by atoms with Crippen molar-refractivity contribution in [3.05, 3.63) is 46.1 Å². The van der Waals surface area contributed by atoms with Crippen LogP contribution in [0.15, 0.2) is 29.0 Å². The van der Waals surface area contributed by atoms with Gasteiger partial charge in [0.05, 0.1) is 10.2 Å². The summed E-state index contributed by atoms with van der Waals surface area (Å²) in [6.45, 7) is 5.02. The zero-order chi connectivity index (χ0) is 13.7. The van der Waals surface area contributed by atoms with Gasteiger partial charge in [-0.3, -0.25) is 4.98 Å². The molecule has 0 unspecified atom stereocenters. The quantitative estimate of drug-likeness (QED) is 0.917. The molecule has 100 valence electrons. The molecule has 0 aliphatic rings. The highest BCUT2D eigenvalue weighted by molar-refractivity contribution is 9.10. The molecular formula is C14H17BrN4. The second kappa shape index (κ2) is 6.61. The Morgan fingerprint density at radius 3 is 2.84 bits per heavy atom. The van der Waals surface area contributed by atoms with Crippen LogP contribution in [0.25, 0.3) is 0 Å². The van der Waals surface area contributed by atoms with E-state index in [9.17, 15) is 0 Å². The van der Waals surface area contributed by atoms with Crippen molar-refractivity contribution in [1.29, 1.82) is 0 Å². The lowest BCUT2D eigenvalue weighted by Gasteiger charge is -2.10. The van der Waals surface area contributed by atoms with Gasteiger partial charge in [-0.15, -0.1) is 0 Å². The first kappa shape index (κ1) is 13.9. The van der Waals surface area contributed by atoms with Crippen molar-refractivity contribution in [2.24, 2.45) is 0 Å². The highest BCUT2D eigenvalue weighted by atomic mass is 79.9. The standard InChI is InChI=1S/C14H17BrN4/c1-3-6-17-14-13(15)10(2)18-12(19-14)8-11-5-4-7-16-9-11/h4-5,7,9H,3,6,8H2,1-2H3,(H,17,18,19). The van der Waals surface area contributed by atoms with Gasteiger partial charge < -0.3 is 5.32 Å². The molecule has 0 aromatic carbocycles. The largest absolute Gasteiger partial charge is 0.369 e. The Balaban J connectivity index is 2.23. The van der Waals surface area contributed by atoms with E-state index in [2.05, 4.69) is 43.1 Å². The van der Waals surface area contributed by atoms with E-state index in [4.69, 9.17) is 0 Å². The summed E-state index contributed by atoms with van der Waals surface area (Å²) in [5.41, 5.74) is 2.07. The van der Waals surface area contributed by atoms with Crippen LogP contribution in [0, 0.1) is 6.92 Å². The number of anilines is 1. The number of nitrogens with zero attached hydrogens (tertiary/aromatic N) is 3. The zero-order valence-electron chi connectivity index (χ0n) is 11.2. The molecule has 0 atom stereocenters. The molecule has 4 nitrogen and oxygen atoms in total. The predicted octanol–water partition coefficient (Wildman–Crippen LogP) is 3.36. The monoisotopic (exact) mass is 320 g/mol. The molecule has 1 N–H and O–H groups in total. The fourth-order valence-electron chi connectivity index (χ4n) is 1.74. The number of aryl methyl sites for hydroxylation is 1. The van der Waals surface area contributed by atoms with Gasteiger partial charge in [-0.05, 0) is 40.9 Å². The molecule has 0 aliphatic heterocycles. The molecule has 0 radical (unpaired) electrons. The molecule has 0 bridgehead atoms. The molecule has 2 heterocycles. The van der Waals surface area contributed by atoms with Crippen molar-refractivity contribution in [1.82, 2.24) is 15.0 Å². The van der Waals surface area contributed by atoms with Gasteiger partial charge in [0.1, 0.15) is 11.6 Å². The van der Waals surface area contributed by atoms with Crippen molar-refractivity contribution in [2.75, 3.05) is 11.9 Å². The minimum Gasteiger partial charge on any atom is -0.369 e. The minimum atomic E-state index is 0.697. The summed E-state index contributed by atoms with van der Waals surface area (Å²) in [5, 5.41) is 3.32. The van der Waals surface area contributed by atoms with E-state index in [1.54, 1.807) is 6.20 Å². The maximum absolute atomic E-state index is 4.57. The predicted molar refractivity (Wildman–Crippen MR) is 80.3 cm³/mol. The molecule has 2 rings (SSSR count). The first-order chi connectivity index (χ1) is 9.20. The van der Waals surface area contributed by atoms with Crippen LogP contribution in [0.1, 0.15) is 30.4 Å². The van der Waals surface area contributed by atoms with E-state index >= 15 is 0 Å². The van der Waals surface area contributed by atoms with Crippen LogP contribution in [-0.2, 0) is 6.42 Å². The molecule has 0 spiro atoms. The number of pyridine rings is 1. The van der Waals surface area contributed by atoms with Crippen LogP contribution in [0.2, 0.25) is 0 Å². The van der Waals surface area contributed by atoms with Gasteiger partial charge in [0.15, 0.2) is 0 Å². The lowest BCUT2D eigenvalue weighted by Crippen LogP contribution is -2.08. The van der Waals surface area contributed by atoms with Crippen LogP contribution in [0.4, 0.5) is 5.82 Å². The molecule has 2 aromatic rings. The second-order valence-corrected chi connectivity index (χ2v) is 5.15. The maximum atomic E-state index is 4.57. The van der Waals surface area contributed by atoms with Gasteiger partial charge in [0, 0.05) is 25.4 Å². The Morgan fingerprint density at radius 1 is 1.32 bits per heavy atom. The van der Waals surface area contributed by atoms with Crippen molar-refractivity contribution in [2.45, 2.75) is 26.7 Å². The van der Waals surface area contributed by atoms with Gasteiger partial charge in [0.25, 0.3) is 0 Å². The summed E-state index contributed by atoms with van der Waals surface area (Å²) >= 11 is 3.53. The van der Waals surface area contributed by atoms with E-state index in [0.29, 0.717) is 6.42 Å². The van der Waals surface area contributed by atoms with Crippen LogP contribution in [-0.4, -0.2) is 21.5 Å². The molecule has 0 amide bonds. The third kappa shape index (κ3) is 3.73. The Bertz CT molecular complexity index is 543. The average molecular weight is 321 g/mol. The van der Waals surface area contributed by atoms with E-state index < -0.39 is 0 Å². The number of hydrogen-bond donors (Lipinski definition) is 1. The number of aromatic nitrogens is 3. The Kier molecular flexibility index (Phi) is 4.85. The maximum Gasteiger partial charge on any atom is 0.144 e. The number of nitrogens with one attached hydrogen (secondary N) is 1. The third-order valence-electron chi connectivity index (χ3n) is 2.69. The van der Waals surface area contributed by atoms with Crippen LogP contribution < -0.4 is 5.32 Å². The number of halogens is 1. The first-order valence-corrected chi connectivity index (χ1v) is 7.15. The summed E-state index contributed by atoms with van der Waals surface area (Å²) < 4.78 is 0.941. The van der Waals surface area contributed by atoms with E-state index in [0.717, 1.165) is 40.3 Å². The third-order valence-corrected chi connectivity index (χ3v) is 3.64. The summed E-state index contributed by atoms with van der Waals surface area (Å²) in [5.74, 6) is 1.68. The van der Waals surface area contributed by atoms with E-state index in [-0.39, 0.29) is 0 Å². The molecule has 5 heteroatoms. The van der Waals surface area contributed by atoms with Crippen molar-refractivity contribution in [3.63, 3.8) is 0 Å². The Labute approximate surface area is 121 Å². The fourth-order valence-corrected chi connectivity index (χ4v) is 2.06. The van der Waals surface area contributed by atoms with Crippen molar-refractivity contribution < 1.29 is 0 Å². The second-order valence-electron chi connectivity index (χ2n) is 4.35. The molecular weight excluding hydrogens is 304 g/mol. The smallest absolute Gasteiger partial charge is 0.144 e. The van der Waals surface area contributed by atoms with E-state index in [1.807, 2.05) is 25.3 Å². The number of rotatable bonds is 5. The molecule has 0 saturated heterocycles. The topological polar surface area (TPSA) is 50.7 Å². The Morgan fingerprint density at radius 2 is 2.16 bits per heavy atom. The normalized spacial score (nSPS) is 10.5. The van der Waals surface area contributed by atoms with Gasteiger partial charge >= 0.3 is 0 Å². The molecule has 0 saturated carbocycles. The molecule has 19 heavy (non-hydrogen) atoms. The van der Waals surface area contributed by atoms with Gasteiger partial charge in [-0.1, -0.05) is 13.0 Å². The van der Waals surface area contributed by atoms with Crippen molar-refractivity contribution in [3.8, 4) is 0 Å². The summed E-state index contributed by atoms with van der Waals surface area (Å²) in [6.07, 6.45) is 5.38. The molecule has 0 fully saturated rings. The van der Waals surface area contributed by atoms with Crippen LogP contribution in [0.3, 0.4) is 0 Å². The molecule has 2 aromatic heterocycles. The summed E-state index contributed by atoms with van der Waals surface area (Å²) in [7, 11) is 0. The van der Waals surface area contributed by atoms with Gasteiger partial charge in [0.2, 0.25) is 0 Å². The highest BCUT2D eigenvalue weighted by Crippen LogP contribution is 2.23.